The lowest BCUT2D eigenvalue weighted by Gasteiger charge is -2.38. The van der Waals surface area contributed by atoms with Gasteiger partial charge < -0.3 is 19.9 Å². The molecule has 3 aliphatic rings. The Kier molecular flexibility index (Phi) is 9.33. The van der Waals surface area contributed by atoms with Crippen LogP contribution in [0.2, 0.25) is 10.0 Å². The van der Waals surface area contributed by atoms with Gasteiger partial charge in [0, 0.05) is 47.4 Å². The Labute approximate surface area is 273 Å². The van der Waals surface area contributed by atoms with E-state index in [2.05, 4.69) is 16.0 Å². The van der Waals surface area contributed by atoms with Crippen molar-refractivity contribution in [3.05, 3.63) is 99.0 Å². The van der Waals surface area contributed by atoms with E-state index in [4.69, 9.17) is 27.9 Å². The van der Waals surface area contributed by atoms with E-state index in [0.717, 1.165) is 30.4 Å². The predicted molar refractivity (Wildman–Crippen MR) is 173 cm³/mol. The van der Waals surface area contributed by atoms with Crippen LogP contribution in [-0.4, -0.2) is 66.9 Å². The third kappa shape index (κ3) is 6.40. The molecule has 9 nitrogen and oxygen atoms in total. The fraction of sp³-hybridized carbons (Fsp3) is 0.382. The number of amides is 3. The molecule has 0 aromatic heterocycles. The minimum atomic E-state index is -1.56. The zero-order valence-corrected chi connectivity index (χ0v) is 26.7. The van der Waals surface area contributed by atoms with Crippen molar-refractivity contribution in [3.63, 3.8) is 0 Å². The van der Waals surface area contributed by atoms with Crippen molar-refractivity contribution in [3.8, 4) is 5.75 Å². The Morgan fingerprint density at radius 2 is 1.44 bits per heavy atom. The van der Waals surface area contributed by atoms with E-state index in [-0.39, 0.29) is 24.3 Å². The number of hydrogen-bond donors (Lipinski definition) is 3. The zero-order valence-electron chi connectivity index (χ0n) is 25.2. The summed E-state index contributed by atoms with van der Waals surface area (Å²) in [7, 11) is 0. The first-order valence-electron chi connectivity index (χ1n) is 15.5. The second-order valence-corrected chi connectivity index (χ2v) is 12.5. The Bertz CT molecular complexity index is 1510. The van der Waals surface area contributed by atoms with Crippen LogP contribution in [0.5, 0.6) is 5.75 Å². The molecule has 3 saturated heterocycles. The van der Waals surface area contributed by atoms with E-state index < -0.39 is 17.7 Å². The molecule has 3 aromatic carbocycles. The summed E-state index contributed by atoms with van der Waals surface area (Å²) in [4.78, 5) is 44.6. The maximum absolute atomic E-state index is 14.9. The Morgan fingerprint density at radius 1 is 0.844 bits per heavy atom. The molecule has 1 unspecified atom stereocenters. The molecule has 3 aromatic rings. The number of benzene rings is 3. The quantitative estimate of drug-likeness (QED) is 0.340. The highest BCUT2D eigenvalue weighted by Gasteiger charge is 2.55. The summed E-state index contributed by atoms with van der Waals surface area (Å²) >= 11 is 12.5. The molecule has 11 heteroatoms. The molecular formula is C34H37Cl2N5O4. The molecule has 3 fully saturated rings. The van der Waals surface area contributed by atoms with Gasteiger partial charge in [-0.15, -0.1) is 0 Å². The number of carbonyl (C=O) groups excluding carboxylic acids is 3. The Hall–Kier alpha value is -3.63. The molecule has 0 spiro atoms. The summed E-state index contributed by atoms with van der Waals surface area (Å²) in [6.07, 6.45) is 3.03. The number of piperazine rings is 1. The van der Waals surface area contributed by atoms with E-state index >= 15 is 0 Å². The standard InChI is InChI=1S/C34H37Cl2N5O4/c1-2-45-28-15-10-24(32(43)40-17-4-3-5-18-40)20-27(28)34(33(44)41-19-16-37-29(42)21-41)38-30(22-6-11-25(35)12-7-22)31(39-34)23-8-13-26(36)14-9-23/h6-15,20,30-31,38-39H,2-5,16-19,21H2,1H3,(H,37,42)/t30-,31+,34?. The van der Waals surface area contributed by atoms with Crippen LogP contribution in [0.15, 0.2) is 66.7 Å². The Balaban J connectivity index is 1.52. The Morgan fingerprint density at radius 3 is 2.00 bits per heavy atom. The average molecular weight is 651 g/mol. The summed E-state index contributed by atoms with van der Waals surface area (Å²) in [5.41, 5.74) is 1.20. The largest absolute Gasteiger partial charge is 0.493 e. The lowest BCUT2D eigenvalue weighted by molar-refractivity contribution is -0.144. The van der Waals surface area contributed by atoms with Gasteiger partial charge in [-0.3, -0.25) is 25.0 Å². The summed E-state index contributed by atoms with van der Waals surface area (Å²) in [5.74, 6) is -0.184. The lowest BCUT2D eigenvalue weighted by atomic mass is 9.93. The molecule has 3 N–H and O–H groups in total. The molecular weight excluding hydrogens is 613 g/mol. The van der Waals surface area contributed by atoms with Gasteiger partial charge in [-0.25, -0.2) is 0 Å². The second-order valence-electron chi connectivity index (χ2n) is 11.7. The number of carbonyl (C=O) groups is 3. The summed E-state index contributed by atoms with van der Waals surface area (Å²) < 4.78 is 6.14. The summed E-state index contributed by atoms with van der Waals surface area (Å²) in [6.45, 7) is 4.21. The monoisotopic (exact) mass is 649 g/mol. The third-order valence-corrected chi connectivity index (χ3v) is 9.26. The summed E-state index contributed by atoms with van der Waals surface area (Å²) in [5, 5.41) is 11.3. The van der Waals surface area contributed by atoms with Crippen LogP contribution in [0.4, 0.5) is 0 Å². The van der Waals surface area contributed by atoms with Crippen LogP contribution in [0.3, 0.4) is 0 Å². The van der Waals surface area contributed by atoms with Gasteiger partial charge in [0.2, 0.25) is 5.91 Å². The number of hydrogen-bond acceptors (Lipinski definition) is 6. The molecule has 6 rings (SSSR count). The van der Waals surface area contributed by atoms with Crippen LogP contribution >= 0.6 is 23.2 Å². The van der Waals surface area contributed by atoms with Gasteiger partial charge >= 0.3 is 0 Å². The van der Waals surface area contributed by atoms with Gasteiger partial charge in [-0.2, -0.15) is 0 Å². The van der Waals surface area contributed by atoms with Crippen molar-refractivity contribution < 1.29 is 19.1 Å². The van der Waals surface area contributed by atoms with Gasteiger partial charge in [-0.05, 0) is 79.8 Å². The van der Waals surface area contributed by atoms with E-state index in [9.17, 15) is 14.4 Å². The molecule has 3 aliphatic heterocycles. The van der Waals surface area contributed by atoms with Crippen molar-refractivity contribution in [2.75, 3.05) is 39.3 Å². The van der Waals surface area contributed by atoms with E-state index in [0.29, 0.717) is 59.7 Å². The minimum absolute atomic E-state index is 0.0829. The zero-order chi connectivity index (χ0) is 31.6. The molecule has 236 valence electrons. The maximum atomic E-state index is 14.9. The molecule has 0 saturated carbocycles. The highest BCUT2D eigenvalue weighted by atomic mass is 35.5. The summed E-state index contributed by atoms with van der Waals surface area (Å²) in [6, 6.07) is 19.5. The smallest absolute Gasteiger partial charge is 0.263 e. The topological polar surface area (TPSA) is 103 Å². The van der Waals surface area contributed by atoms with Crippen LogP contribution in [0.1, 0.15) is 65.3 Å². The molecule has 45 heavy (non-hydrogen) atoms. The lowest BCUT2D eigenvalue weighted by Crippen LogP contribution is -2.62. The number of ether oxygens (including phenoxy) is 1. The van der Waals surface area contributed by atoms with Crippen LogP contribution in [0, 0.1) is 0 Å². The van der Waals surface area contributed by atoms with E-state index in [1.165, 1.54) is 0 Å². The van der Waals surface area contributed by atoms with Crippen molar-refractivity contribution in [2.45, 2.75) is 43.9 Å². The molecule has 0 bridgehead atoms. The second kappa shape index (κ2) is 13.4. The molecule has 0 aliphatic carbocycles. The highest BCUT2D eigenvalue weighted by Crippen LogP contribution is 2.45. The van der Waals surface area contributed by atoms with Gasteiger partial charge in [0.05, 0.1) is 25.2 Å². The third-order valence-electron chi connectivity index (χ3n) is 8.76. The van der Waals surface area contributed by atoms with Crippen molar-refractivity contribution >= 4 is 40.9 Å². The maximum Gasteiger partial charge on any atom is 0.263 e. The van der Waals surface area contributed by atoms with Crippen LogP contribution in [-0.2, 0) is 15.3 Å². The highest BCUT2D eigenvalue weighted by molar-refractivity contribution is 6.30. The molecule has 0 radical (unpaired) electrons. The van der Waals surface area contributed by atoms with Gasteiger partial charge in [0.25, 0.3) is 11.8 Å². The van der Waals surface area contributed by atoms with E-state index in [1.54, 1.807) is 23.1 Å². The first-order valence-corrected chi connectivity index (χ1v) is 16.2. The van der Waals surface area contributed by atoms with Crippen LogP contribution in [0.25, 0.3) is 0 Å². The van der Waals surface area contributed by atoms with Gasteiger partial charge in [0.1, 0.15) is 5.75 Å². The van der Waals surface area contributed by atoms with Gasteiger partial charge in [-0.1, -0.05) is 47.5 Å². The number of halogens is 2. The normalized spacial score (nSPS) is 23.5. The number of piperidine rings is 1. The number of nitrogens with one attached hydrogen (secondary N) is 3. The van der Waals surface area contributed by atoms with Crippen LogP contribution < -0.4 is 20.7 Å². The first kappa shape index (κ1) is 31.4. The SMILES string of the molecule is CCOc1ccc(C(=O)N2CCCCC2)cc1C1(C(=O)N2CCNC(=O)C2)N[C@H](c2ccc(Cl)cc2)[C@H](c2ccc(Cl)cc2)N1. The average Bonchev–Trinajstić information content (AvgIpc) is 3.47. The fourth-order valence-corrected chi connectivity index (χ4v) is 6.78. The number of rotatable bonds is 7. The fourth-order valence-electron chi connectivity index (χ4n) is 6.53. The van der Waals surface area contributed by atoms with Crippen molar-refractivity contribution in [2.24, 2.45) is 0 Å². The predicted octanol–water partition coefficient (Wildman–Crippen LogP) is 4.80. The van der Waals surface area contributed by atoms with E-state index in [1.807, 2.05) is 60.4 Å². The van der Waals surface area contributed by atoms with Gasteiger partial charge in [0.15, 0.2) is 5.66 Å². The van der Waals surface area contributed by atoms with Crippen molar-refractivity contribution in [1.29, 1.82) is 0 Å². The minimum Gasteiger partial charge on any atom is -0.493 e. The number of nitrogens with zero attached hydrogens (tertiary/aromatic N) is 2. The number of likely N-dealkylation sites (tertiary alicyclic amines) is 1. The molecule has 3 atom stereocenters. The van der Waals surface area contributed by atoms with Crippen molar-refractivity contribution in [1.82, 2.24) is 25.8 Å². The molecule has 3 amide bonds. The first-order chi connectivity index (χ1) is 21.8. The molecule has 3 heterocycles.